The number of aromatic nitrogens is 2. The average molecular weight is 336 g/mol. The van der Waals surface area contributed by atoms with E-state index >= 15 is 0 Å². The fourth-order valence-electron chi connectivity index (χ4n) is 2.53. The summed E-state index contributed by atoms with van der Waals surface area (Å²) in [6.45, 7) is 2.03. The van der Waals surface area contributed by atoms with Crippen LogP contribution in [-0.4, -0.2) is 48.8 Å². The number of rotatable bonds is 6. The number of benzene rings is 1. The van der Waals surface area contributed by atoms with Gasteiger partial charge in [0.25, 0.3) is 10.2 Å². The molecule has 2 heterocycles. The van der Waals surface area contributed by atoms with Crippen molar-refractivity contribution in [3.63, 3.8) is 0 Å². The monoisotopic (exact) mass is 336 g/mol. The van der Waals surface area contributed by atoms with Crippen molar-refractivity contribution in [1.82, 2.24) is 18.8 Å². The van der Waals surface area contributed by atoms with Gasteiger partial charge in [0.2, 0.25) is 0 Å². The number of morpholine rings is 1. The van der Waals surface area contributed by atoms with Crippen molar-refractivity contribution < 1.29 is 13.2 Å². The standard InChI is InChI=1S/C15H20N4O3S/c20-23(21,19-9-11-22-12-10-19)17-15(13-18-8-4-7-16-18)14-5-2-1-3-6-14/h1-8,15,17H,9-13H2. The lowest BCUT2D eigenvalue weighted by Gasteiger charge is -2.28. The molecule has 7 nitrogen and oxygen atoms in total. The summed E-state index contributed by atoms with van der Waals surface area (Å²) in [5.41, 5.74) is 0.903. The minimum Gasteiger partial charge on any atom is -0.379 e. The lowest BCUT2D eigenvalue weighted by Crippen LogP contribution is -2.48. The lowest BCUT2D eigenvalue weighted by molar-refractivity contribution is 0.0722. The first kappa shape index (κ1) is 16.1. The topological polar surface area (TPSA) is 76.5 Å². The third kappa shape index (κ3) is 4.17. The Bertz CT molecular complexity index is 698. The Morgan fingerprint density at radius 1 is 1.17 bits per heavy atom. The van der Waals surface area contributed by atoms with E-state index in [1.54, 1.807) is 10.9 Å². The molecule has 0 amide bonds. The third-order valence-electron chi connectivity index (χ3n) is 3.73. The predicted octanol–water partition coefficient (Wildman–Crippen LogP) is 0.791. The van der Waals surface area contributed by atoms with E-state index in [-0.39, 0.29) is 6.04 Å². The highest BCUT2D eigenvalue weighted by Gasteiger charge is 2.27. The molecule has 0 spiro atoms. The fraction of sp³-hybridized carbons (Fsp3) is 0.400. The van der Waals surface area contributed by atoms with Crippen molar-refractivity contribution in [2.75, 3.05) is 26.3 Å². The van der Waals surface area contributed by atoms with Crippen molar-refractivity contribution in [3.05, 3.63) is 54.4 Å². The normalized spacial score (nSPS) is 17.9. The summed E-state index contributed by atoms with van der Waals surface area (Å²) in [5.74, 6) is 0. The summed E-state index contributed by atoms with van der Waals surface area (Å²) in [4.78, 5) is 0. The van der Waals surface area contributed by atoms with E-state index in [4.69, 9.17) is 4.74 Å². The van der Waals surface area contributed by atoms with Crippen LogP contribution in [0.25, 0.3) is 0 Å². The first-order valence-corrected chi connectivity index (χ1v) is 8.97. The van der Waals surface area contributed by atoms with Crippen LogP contribution in [0.5, 0.6) is 0 Å². The van der Waals surface area contributed by atoms with E-state index in [2.05, 4.69) is 9.82 Å². The van der Waals surface area contributed by atoms with Crippen LogP contribution in [-0.2, 0) is 21.5 Å². The van der Waals surface area contributed by atoms with Crippen molar-refractivity contribution in [3.8, 4) is 0 Å². The number of hydrogen-bond donors (Lipinski definition) is 1. The third-order valence-corrected chi connectivity index (χ3v) is 5.36. The molecule has 1 aromatic carbocycles. The summed E-state index contributed by atoms with van der Waals surface area (Å²) in [5, 5.41) is 4.17. The highest BCUT2D eigenvalue weighted by atomic mass is 32.2. The Labute approximate surface area is 136 Å². The first-order valence-electron chi connectivity index (χ1n) is 7.53. The largest absolute Gasteiger partial charge is 0.379 e. The minimum atomic E-state index is -3.57. The highest BCUT2D eigenvalue weighted by molar-refractivity contribution is 7.87. The predicted molar refractivity (Wildman–Crippen MR) is 85.9 cm³/mol. The molecule has 1 N–H and O–H groups in total. The Hall–Kier alpha value is -1.74. The van der Waals surface area contributed by atoms with Gasteiger partial charge in [-0.2, -0.15) is 22.5 Å². The Kier molecular flexibility index (Phi) is 5.06. The molecule has 1 aliphatic heterocycles. The van der Waals surface area contributed by atoms with Gasteiger partial charge in [-0.3, -0.25) is 4.68 Å². The fourth-order valence-corrected chi connectivity index (χ4v) is 3.88. The second-order valence-electron chi connectivity index (χ2n) is 5.33. The summed E-state index contributed by atoms with van der Waals surface area (Å²) in [6, 6.07) is 11.0. The molecule has 1 atom stereocenters. The first-order chi connectivity index (χ1) is 11.1. The second-order valence-corrected chi connectivity index (χ2v) is 7.03. The maximum Gasteiger partial charge on any atom is 0.280 e. The van der Waals surface area contributed by atoms with Gasteiger partial charge in [0.1, 0.15) is 0 Å². The van der Waals surface area contributed by atoms with Gasteiger partial charge in [-0.1, -0.05) is 30.3 Å². The smallest absolute Gasteiger partial charge is 0.280 e. The van der Waals surface area contributed by atoms with Crippen LogP contribution in [0.1, 0.15) is 11.6 Å². The molecule has 1 unspecified atom stereocenters. The molecule has 1 saturated heterocycles. The zero-order chi connectivity index (χ0) is 16.1. The van der Waals surface area contributed by atoms with E-state index in [1.165, 1.54) is 4.31 Å². The number of hydrogen-bond acceptors (Lipinski definition) is 4. The molecule has 8 heteroatoms. The number of nitrogens with one attached hydrogen (secondary N) is 1. The van der Waals surface area contributed by atoms with Crippen molar-refractivity contribution >= 4 is 10.2 Å². The molecule has 1 aromatic heterocycles. The second kappa shape index (κ2) is 7.22. The zero-order valence-corrected chi connectivity index (χ0v) is 13.5. The number of nitrogens with zero attached hydrogens (tertiary/aromatic N) is 3. The highest BCUT2D eigenvalue weighted by Crippen LogP contribution is 2.17. The molecular weight excluding hydrogens is 316 g/mol. The molecule has 23 heavy (non-hydrogen) atoms. The van der Waals surface area contributed by atoms with E-state index in [0.717, 1.165) is 5.56 Å². The van der Waals surface area contributed by atoms with E-state index < -0.39 is 10.2 Å². The van der Waals surface area contributed by atoms with E-state index in [0.29, 0.717) is 32.8 Å². The lowest BCUT2D eigenvalue weighted by atomic mass is 10.1. The zero-order valence-electron chi connectivity index (χ0n) is 12.7. The summed E-state index contributed by atoms with van der Waals surface area (Å²) >= 11 is 0. The minimum absolute atomic E-state index is 0.374. The van der Waals surface area contributed by atoms with Crippen LogP contribution in [0.4, 0.5) is 0 Å². The molecule has 0 radical (unpaired) electrons. The van der Waals surface area contributed by atoms with Crippen molar-refractivity contribution in [2.45, 2.75) is 12.6 Å². The molecule has 2 aromatic rings. The van der Waals surface area contributed by atoms with Gasteiger partial charge in [0.05, 0.1) is 25.8 Å². The molecule has 0 bridgehead atoms. The van der Waals surface area contributed by atoms with Gasteiger partial charge in [-0.25, -0.2) is 0 Å². The molecule has 1 aliphatic rings. The summed E-state index contributed by atoms with van der Waals surface area (Å²) in [6.07, 6.45) is 3.50. The van der Waals surface area contributed by atoms with E-state index in [9.17, 15) is 8.42 Å². The quantitative estimate of drug-likeness (QED) is 0.846. The van der Waals surface area contributed by atoms with Crippen LogP contribution in [0.3, 0.4) is 0 Å². The molecule has 124 valence electrons. The van der Waals surface area contributed by atoms with Gasteiger partial charge in [0.15, 0.2) is 0 Å². The van der Waals surface area contributed by atoms with Gasteiger partial charge in [-0.05, 0) is 11.6 Å². The van der Waals surface area contributed by atoms with Crippen LogP contribution in [0.2, 0.25) is 0 Å². The van der Waals surface area contributed by atoms with Crippen LogP contribution >= 0.6 is 0 Å². The summed E-state index contributed by atoms with van der Waals surface area (Å²) < 4.78 is 36.4. The van der Waals surface area contributed by atoms with Gasteiger partial charge >= 0.3 is 0 Å². The molecule has 0 saturated carbocycles. The van der Waals surface area contributed by atoms with Gasteiger partial charge < -0.3 is 4.74 Å². The Morgan fingerprint density at radius 2 is 1.91 bits per heavy atom. The van der Waals surface area contributed by atoms with E-state index in [1.807, 2.05) is 42.6 Å². The Balaban J connectivity index is 1.80. The van der Waals surface area contributed by atoms with Gasteiger partial charge in [0, 0.05) is 25.5 Å². The number of ether oxygens (including phenoxy) is 1. The summed E-state index contributed by atoms with van der Waals surface area (Å²) in [7, 11) is -3.57. The molecule has 0 aliphatic carbocycles. The van der Waals surface area contributed by atoms with Crippen LogP contribution in [0, 0.1) is 0 Å². The SMILES string of the molecule is O=S(=O)(NC(Cn1cccn1)c1ccccc1)N1CCOCC1. The maximum atomic E-state index is 12.6. The van der Waals surface area contributed by atoms with Crippen molar-refractivity contribution in [1.29, 1.82) is 0 Å². The average Bonchev–Trinajstić information content (AvgIpc) is 3.09. The molecule has 1 fully saturated rings. The molecular formula is C15H20N4O3S. The van der Waals surface area contributed by atoms with Gasteiger partial charge in [-0.15, -0.1) is 0 Å². The van der Waals surface area contributed by atoms with Crippen LogP contribution < -0.4 is 4.72 Å². The Morgan fingerprint density at radius 3 is 2.57 bits per heavy atom. The van der Waals surface area contributed by atoms with Crippen molar-refractivity contribution in [2.24, 2.45) is 0 Å². The van der Waals surface area contributed by atoms with Crippen LogP contribution in [0.15, 0.2) is 48.8 Å². The molecule has 3 rings (SSSR count). The maximum absolute atomic E-state index is 12.6.